The highest BCUT2D eigenvalue weighted by atomic mass is 28.5. The van der Waals surface area contributed by atoms with Crippen molar-refractivity contribution in [3.63, 3.8) is 0 Å². The first-order chi connectivity index (χ1) is 38.0. The van der Waals surface area contributed by atoms with E-state index in [2.05, 4.69) is 62.8 Å². The van der Waals surface area contributed by atoms with E-state index < -0.39 is 127 Å². The molecular weight excluding hydrogens is 1100 g/mol. The second-order valence-corrected chi connectivity index (χ2v) is 28.3. The number of benzene rings is 4. The Labute approximate surface area is 476 Å². The molecule has 0 aliphatic carbocycles. The van der Waals surface area contributed by atoms with Crippen LogP contribution in [0.25, 0.3) is 0 Å². The molecule has 0 bridgehead atoms. The summed E-state index contributed by atoms with van der Waals surface area (Å²) in [7, 11) is -5.57. The zero-order valence-electron chi connectivity index (χ0n) is 49.6. The summed E-state index contributed by atoms with van der Waals surface area (Å²) in [4.78, 5) is 27.1. The average Bonchev–Trinajstić information content (AvgIpc) is 3.50. The van der Waals surface area contributed by atoms with Gasteiger partial charge in [-0.3, -0.25) is 9.59 Å². The minimum Gasteiger partial charge on any atom is -0.377 e. The molecule has 4 aromatic carbocycles. The highest BCUT2D eigenvalue weighted by Gasteiger charge is 2.65. The Balaban J connectivity index is 1.44. The Morgan fingerprint density at radius 3 is 1.37 bits per heavy atom. The molecule has 1 aliphatic heterocycles. The highest BCUT2D eigenvalue weighted by molar-refractivity contribution is 6.75. The molecule has 4 N–H and O–H groups in total. The minimum absolute atomic E-state index is 0.0238. The largest absolute Gasteiger partial charge is 0.493 e. The lowest BCUT2D eigenvalue weighted by molar-refractivity contribution is -0.188. The summed E-state index contributed by atoms with van der Waals surface area (Å²) in [6, 6.07) is 16.8. The van der Waals surface area contributed by atoms with E-state index in [9.17, 15) is 9.59 Å². The summed E-state index contributed by atoms with van der Waals surface area (Å²) in [6.07, 6.45) is 1.78. The molecule has 4 aromatic rings. The Hall–Kier alpha value is -4.91. The topological polar surface area (TPSA) is 128 Å². The first-order valence-electron chi connectivity index (χ1n) is 28.2. The van der Waals surface area contributed by atoms with Crippen molar-refractivity contribution >= 4 is 40.8 Å². The van der Waals surface area contributed by atoms with Crippen LogP contribution in [0.4, 0.5) is 46.5 Å². The number of halogens is 8. The van der Waals surface area contributed by atoms with Gasteiger partial charge < -0.3 is 43.1 Å². The summed E-state index contributed by atoms with van der Waals surface area (Å²) in [6.45, 7) is 24.6. The molecule has 21 heteroatoms. The zero-order chi connectivity index (χ0) is 60.6. The van der Waals surface area contributed by atoms with E-state index in [0.717, 1.165) is 18.4 Å². The fourth-order valence-electron chi connectivity index (χ4n) is 11.0. The zero-order valence-corrected chi connectivity index (χ0v) is 51.6. The molecule has 11 nitrogen and oxygen atoms in total. The van der Waals surface area contributed by atoms with Crippen molar-refractivity contribution in [2.45, 2.75) is 163 Å². The van der Waals surface area contributed by atoms with Gasteiger partial charge in [0.15, 0.2) is 46.5 Å². The first kappa shape index (κ1) is 66.9. The SMILES string of the molecule is CCC(C)C(C)C1(C)O[Si](CCCNC(=O)c2c(F)c(F)c(NC(C)C(C)c3ccccc3)c(F)c2F)(OC)O[Si](CCCNC(=O)c2c(F)c(F)c(NC(C)(CC)c3ccccc3)c(F)c2F)(OC)OC(C)(C(C)C(C)CC)C1C. The van der Waals surface area contributed by atoms with E-state index in [0.29, 0.717) is 5.56 Å². The van der Waals surface area contributed by atoms with Crippen molar-refractivity contribution in [1.82, 2.24) is 10.6 Å². The van der Waals surface area contributed by atoms with Gasteiger partial charge in [0.2, 0.25) is 0 Å². The lowest BCUT2D eigenvalue weighted by Gasteiger charge is -2.59. The standard InChI is InChI=1S/C60H84F8N4O7Si2/c1-16-35(4)38(7)59(12)41(10)60(13,39(8)36(5)17-2)78-81(76-15,34-26-32-70-57(74)45-48(63)52(67)55(53(68)49(45)64)72-58(11,18-3)43-29-23-20-24-30-43)79-80(75-14,77-59)33-25-31-69-56(73)44-46(61)50(65)54(51(66)47(44)62)71-40(9)37(6)42-27-21-19-22-28-42/h19-24,27-30,35-41,71-72H,16-18,25-26,31-34H2,1-15H3,(H,69,73)(H,70,74). The molecular formula is C60H84F8N4O7Si2. The van der Waals surface area contributed by atoms with Gasteiger partial charge in [-0.1, -0.05) is 136 Å². The van der Waals surface area contributed by atoms with Crippen LogP contribution in [0.15, 0.2) is 60.7 Å². The molecule has 1 fully saturated rings. The smallest absolute Gasteiger partial charge is 0.377 e. The van der Waals surface area contributed by atoms with Crippen LogP contribution in [0.5, 0.6) is 0 Å². The lowest BCUT2D eigenvalue weighted by Crippen LogP contribution is -2.71. The third-order valence-corrected chi connectivity index (χ3v) is 25.2. The molecule has 0 radical (unpaired) electrons. The number of carbonyl (C=O) groups is 2. The van der Waals surface area contributed by atoms with Crippen LogP contribution in [0.3, 0.4) is 0 Å². The molecule has 1 saturated heterocycles. The van der Waals surface area contributed by atoms with E-state index >= 15 is 35.1 Å². The number of hydrogen-bond donors (Lipinski definition) is 4. The van der Waals surface area contributed by atoms with E-state index in [-0.39, 0.29) is 74.0 Å². The highest BCUT2D eigenvalue weighted by Crippen LogP contribution is 2.52. The summed E-state index contributed by atoms with van der Waals surface area (Å²) >= 11 is 0. The number of carbonyl (C=O) groups excluding carboxylic acids is 2. The third-order valence-electron chi connectivity index (χ3n) is 18.0. The molecule has 450 valence electrons. The van der Waals surface area contributed by atoms with Gasteiger partial charge in [0, 0.05) is 57.3 Å². The lowest BCUT2D eigenvalue weighted by atomic mass is 9.63. The van der Waals surface area contributed by atoms with Crippen molar-refractivity contribution in [2.24, 2.45) is 29.6 Å². The second kappa shape index (κ2) is 27.7. The molecule has 12 atom stereocenters. The monoisotopic (exact) mass is 1180 g/mol. The van der Waals surface area contributed by atoms with Crippen molar-refractivity contribution < 1.29 is 66.5 Å². The number of hydrogen-bond acceptors (Lipinski definition) is 9. The number of nitrogens with one attached hydrogen (secondary N) is 4. The van der Waals surface area contributed by atoms with Crippen molar-refractivity contribution in [2.75, 3.05) is 37.9 Å². The molecule has 0 spiro atoms. The predicted molar refractivity (Wildman–Crippen MR) is 304 cm³/mol. The van der Waals surface area contributed by atoms with E-state index in [4.69, 9.17) is 21.8 Å². The van der Waals surface area contributed by atoms with Gasteiger partial charge in [-0.15, -0.1) is 0 Å². The third kappa shape index (κ3) is 14.0. The molecule has 1 aliphatic rings. The first-order valence-corrected chi connectivity index (χ1v) is 32.0. The predicted octanol–water partition coefficient (Wildman–Crippen LogP) is 14.8. The van der Waals surface area contributed by atoms with Crippen LogP contribution >= 0.6 is 0 Å². The van der Waals surface area contributed by atoms with Crippen LogP contribution in [0.1, 0.15) is 160 Å². The maximum atomic E-state index is 15.8. The Kier molecular flexibility index (Phi) is 22.8. The number of rotatable bonds is 26. The minimum atomic E-state index is -4.18. The van der Waals surface area contributed by atoms with Crippen molar-refractivity contribution in [3.05, 3.63) is 129 Å². The quantitative estimate of drug-likeness (QED) is 0.0210. The summed E-state index contributed by atoms with van der Waals surface area (Å²) in [5, 5.41) is 9.98. The second-order valence-electron chi connectivity index (χ2n) is 22.6. The van der Waals surface area contributed by atoms with Crippen LogP contribution in [-0.2, 0) is 27.4 Å². The van der Waals surface area contributed by atoms with Crippen molar-refractivity contribution in [1.29, 1.82) is 0 Å². The molecule has 1 heterocycles. The van der Waals surface area contributed by atoms with Crippen LogP contribution < -0.4 is 21.3 Å². The Morgan fingerprint density at radius 2 is 1.00 bits per heavy atom. The van der Waals surface area contributed by atoms with Crippen LogP contribution in [0.2, 0.25) is 12.1 Å². The molecule has 0 aromatic heterocycles. The van der Waals surface area contributed by atoms with Gasteiger partial charge in [0.05, 0.1) is 16.7 Å². The fraction of sp³-hybridized carbons (Fsp3) is 0.567. The van der Waals surface area contributed by atoms with Gasteiger partial charge in [-0.2, -0.15) is 0 Å². The molecule has 81 heavy (non-hydrogen) atoms. The molecule has 12 unspecified atom stereocenters. The van der Waals surface area contributed by atoms with Gasteiger partial charge >= 0.3 is 17.6 Å². The maximum Gasteiger partial charge on any atom is 0.493 e. The Bertz CT molecular complexity index is 2740. The molecule has 0 saturated carbocycles. The van der Waals surface area contributed by atoms with E-state index in [1.54, 1.807) is 76.2 Å². The van der Waals surface area contributed by atoms with E-state index in [1.165, 1.54) is 14.2 Å². The number of anilines is 2. The summed E-state index contributed by atoms with van der Waals surface area (Å²) in [5.41, 5.74) is -6.86. The number of amides is 2. The average molecular weight is 1180 g/mol. The van der Waals surface area contributed by atoms with Gasteiger partial charge in [-0.25, -0.2) is 35.1 Å². The fourth-order valence-corrected chi connectivity index (χ4v) is 18.8. The van der Waals surface area contributed by atoms with E-state index in [1.807, 2.05) is 32.9 Å². The molecule has 2 amide bonds. The van der Waals surface area contributed by atoms with Crippen LogP contribution in [0, 0.1) is 76.1 Å². The van der Waals surface area contributed by atoms with Gasteiger partial charge in [0.25, 0.3) is 11.8 Å². The Morgan fingerprint density at radius 1 is 0.617 bits per heavy atom. The maximum absolute atomic E-state index is 15.8. The molecule has 5 rings (SSSR count). The summed E-state index contributed by atoms with van der Waals surface area (Å²) < 4.78 is 161. The van der Waals surface area contributed by atoms with Gasteiger partial charge in [0.1, 0.15) is 22.5 Å². The normalized spacial score (nSPS) is 24.4. The van der Waals surface area contributed by atoms with Crippen molar-refractivity contribution in [3.8, 4) is 0 Å². The summed E-state index contributed by atoms with van der Waals surface area (Å²) in [5.74, 6) is -18.4. The van der Waals surface area contributed by atoms with Crippen LogP contribution in [-0.4, -0.2) is 74.0 Å². The van der Waals surface area contributed by atoms with Gasteiger partial charge in [-0.05, 0) is 81.8 Å².